The lowest BCUT2D eigenvalue weighted by molar-refractivity contribution is 0.0526. The van der Waals surface area contributed by atoms with E-state index in [2.05, 4.69) is 15.0 Å². The number of ether oxygens (including phenoxy) is 2. The summed E-state index contributed by atoms with van der Waals surface area (Å²) in [5.41, 5.74) is 1.53. The third-order valence-corrected chi connectivity index (χ3v) is 3.23. The van der Waals surface area contributed by atoms with Crippen LogP contribution in [0.25, 0.3) is 11.3 Å². The number of pyridine rings is 1. The average molecular weight is 305 g/mol. The number of carbonyl (C=O) groups is 1. The molecule has 0 aliphatic heterocycles. The first-order chi connectivity index (χ1) is 10.2. The number of rotatable bonds is 5. The zero-order chi connectivity index (χ0) is 15.2. The van der Waals surface area contributed by atoms with Crippen molar-refractivity contribution in [2.45, 2.75) is 12.1 Å². The van der Waals surface area contributed by atoms with Crippen molar-refractivity contribution in [1.82, 2.24) is 15.0 Å². The van der Waals surface area contributed by atoms with E-state index in [1.54, 1.807) is 32.4 Å². The second-order valence-corrected chi connectivity index (χ2v) is 4.70. The lowest BCUT2D eigenvalue weighted by atomic mass is 10.1. The van der Waals surface area contributed by atoms with Crippen molar-refractivity contribution in [1.29, 1.82) is 0 Å². The van der Waals surface area contributed by atoms with Crippen LogP contribution in [0.5, 0.6) is 5.88 Å². The van der Waals surface area contributed by atoms with Crippen molar-refractivity contribution in [3.05, 3.63) is 30.1 Å². The molecule has 0 fully saturated rings. The van der Waals surface area contributed by atoms with E-state index in [9.17, 15) is 4.79 Å². The second-order valence-electron chi connectivity index (χ2n) is 3.93. The number of aromatic nitrogens is 3. The van der Waals surface area contributed by atoms with Crippen LogP contribution in [0, 0.1) is 0 Å². The fourth-order valence-corrected chi connectivity index (χ4v) is 2.02. The summed E-state index contributed by atoms with van der Waals surface area (Å²) in [5, 5.41) is 0.578. The van der Waals surface area contributed by atoms with Gasteiger partial charge in [0, 0.05) is 24.0 Å². The largest absolute Gasteiger partial charge is 0.481 e. The standard InChI is InChI=1S/C14H15N3O3S/c1-4-20-13(18)10-8-16-14(21-3)17-12(10)9-5-6-11(19-2)15-7-9/h5-8H,4H2,1-3H3. The van der Waals surface area contributed by atoms with Crippen LogP contribution in [0.4, 0.5) is 0 Å². The summed E-state index contributed by atoms with van der Waals surface area (Å²) in [6, 6.07) is 3.51. The molecule has 0 aliphatic carbocycles. The van der Waals surface area contributed by atoms with Crippen molar-refractivity contribution >= 4 is 17.7 Å². The molecule has 0 bridgehead atoms. The van der Waals surface area contributed by atoms with Crippen molar-refractivity contribution < 1.29 is 14.3 Å². The molecule has 0 radical (unpaired) electrons. The Labute approximate surface area is 126 Å². The van der Waals surface area contributed by atoms with Crippen LogP contribution in [-0.2, 0) is 4.74 Å². The molecule has 0 N–H and O–H groups in total. The molecule has 0 saturated carbocycles. The average Bonchev–Trinajstić information content (AvgIpc) is 2.54. The minimum atomic E-state index is -0.448. The van der Waals surface area contributed by atoms with Crippen LogP contribution in [0.3, 0.4) is 0 Å². The minimum Gasteiger partial charge on any atom is -0.481 e. The normalized spacial score (nSPS) is 10.2. The SMILES string of the molecule is CCOC(=O)c1cnc(SC)nc1-c1ccc(OC)nc1. The molecule has 0 aliphatic rings. The molecular formula is C14H15N3O3S. The second kappa shape index (κ2) is 7.03. The van der Waals surface area contributed by atoms with Crippen LogP contribution in [0.1, 0.15) is 17.3 Å². The van der Waals surface area contributed by atoms with E-state index in [1.807, 2.05) is 6.26 Å². The number of methoxy groups -OCH3 is 1. The van der Waals surface area contributed by atoms with Gasteiger partial charge in [0.1, 0.15) is 5.56 Å². The van der Waals surface area contributed by atoms with Gasteiger partial charge in [0.2, 0.25) is 5.88 Å². The van der Waals surface area contributed by atoms with Crippen LogP contribution < -0.4 is 4.74 Å². The fraction of sp³-hybridized carbons (Fsp3) is 0.286. The highest BCUT2D eigenvalue weighted by Crippen LogP contribution is 2.24. The van der Waals surface area contributed by atoms with Gasteiger partial charge in [0.05, 0.1) is 19.4 Å². The summed E-state index contributed by atoms with van der Waals surface area (Å²) in [4.78, 5) is 24.7. The zero-order valence-electron chi connectivity index (χ0n) is 12.0. The highest BCUT2D eigenvalue weighted by Gasteiger charge is 2.17. The number of nitrogens with zero attached hydrogens (tertiary/aromatic N) is 3. The first-order valence-corrected chi connectivity index (χ1v) is 7.50. The van der Waals surface area contributed by atoms with Crippen molar-refractivity contribution in [3.63, 3.8) is 0 Å². The van der Waals surface area contributed by atoms with Gasteiger partial charge in [-0.15, -0.1) is 0 Å². The van der Waals surface area contributed by atoms with Gasteiger partial charge in [-0.1, -0.05) is 11.8 Å². The van der Waals surface area contributed by atoms with Crippen LogP contribution in [-0.4, -0.2) is 40.9 Å². The van der Waals surface area contributed by atoms with Gasteiger partial charge in [-0.25, -0.2) is 19.7 Å². The smallest absolute Gasteiger partial charge is 0.341 e. The van der Waals surface area contributed by atoms with Gasteiger partial charge in [0.15, 0.2) is 5.16 Å². The Morgan fingerprint density at radius 2 is 2.10 bits per heavy atom. The minimum absolute atomic E-state index is 0.295. The van der Waals surface area contributed by atoms with Crippen LogP contribution in [0.2, 0.25) is 0 Å². The fourth-order valence-electron chi connectivity index (χ4n) is 1.68. The topological polar surface area (TPSA) is 74.2 Å². The molecule has 2 heterocycles. The molecule has 0 unspecified atom stereocenters. The maximum Gasteiger partial charge on any atom is 0.341 e. The Morgan fingerprint density at radius 3 is 2.67 bits per heavy atom. The summed E-state index contributed by atoms with van der Waals surface area (Å²) in [6.07, 6.45) is 4.96. The summed E-state index contributed by atoms with van der Waals surface area (Å²) in [5.74, 6) is 0.0477. The Balaban J connectivity index is 2.49. The Morgan fingerprint density at radius 1 is 1.29 bits per heavy atom. The maximum absolute atomic E-state index is 12.0. The molecule has 6 nitrogen and oxygen atoms in total. The number of esters is 1. The zero-order valence-corrected chi connectivity index (χ0v) is 12.8. The molecule has 0 aromatic carbocycles. The maximum atomic E-state index is 12.0. The number of thioether (sulfide) groups is 1. The van der Waals surface area contributed by atoms with E-state index >= 15 is 0 Å². The lowest BCUT2D eigenvalue weighted by Gasteiger charge is -2.09. The van der Waals surface area contributed by atoms with Crippen molar-refractivity contribution in [3.8, 4) is 17.1 Å². The van der Waals surface area contributed by atoms with E-state index < -0.39 is 5.97 Å². The molecule has 2 aromatic rings. The summed E-state index contributed by atoms with van der Waals surface area (Å²) in [6.45, 7) is 2.05. The third-order valence-electron chi connectivity index (χ3n) is 2.66. The molecule has 0 atom stereocenters. The molecule has 0 amide bonds. The van der Waals surface area contributed by atoms with Gasteiger partial charge in [-0.05, 0) is 19.2 Å². The first kappa shape index (κ1) is 15.2. The highest BCUT2D eigenvalue weighted by molar-refractivity contribution is 7.98. The molecule has 21 heavy (non-hydrogen) atoms. The van der Waals surface area contributed by atoms with E-state index in [4.69, 9.17) is 9.47 Å². The predicted molar refractivity (Wildman–Crippen MR) is 79.6 cm³/mol. The van der Waals surface area contributed by atoms with Gasteiger partial charge in [-0.3, -0.25) is 0 Å². The molecule has 7 heteroatoms. The molecular weight excluding hydrogens is 290 g/mol. The van der Waals surface area contributed by atoms with Crippen LogP contribution in [0.15, 0.2) is 29.7 Å². The van der Waals surface area contributed by atoms with Gasteiger partial charge >= 0.3 is 5.97 Å². The molecule has 110 valence electrons. The summed E-state index contributed by atoms with van der Waals surface area (Å²) in [7, 11) is 1.54. The molecule has 0 spiro atoms. The molecule has 2 aromatic heterocycles. The number of hydrogen-bond acceptors (Lipinski definition) is 7. The summed E-state index contributed by atoms with van der Waals surface area (Å²) >= 11 is 1.40. The highest BCUT2D eigenvalue weighted by atomic mass is 32.2. The van der Waals surface area contributed by atoms with E-state index in [1.165, 1.54) is 18.0 Å². The number of hydrogen-bond donors (Lipinski definition) is 0. The van der Waals surface area contributed by atoms with E-state index in [0.29, 0.717) is 34.5 Å². The quantitative estimate of drug-likeness (QED) is 0.477. The summed E-state index contributed by atoms with van der Waals surface area (Å²) < 4.78 is 10.1. The lowest BCUT2D eigenvalue weighted by Crippen LogP contribution is -2.09. The van der Waals surface area contributed by atoms with Gasteiger partial charge in [-0.2, -0.15) is 0 Å². The Bertz CT molecular complexity index is 632. The Kier molecular flexibility index (Phi) is 5.10. The molecule has 0 saturated heterocycles. The van der Waals surface area contributed by atoms with Crippen molar-refractivity contribution in [2.75, 3.05) is 20.0 Å². The van der Waals surface area contributed by atoms with Crippen molar-refractivity contribution in [2.24, 2.45) is 0 Å². The van der Waals surface area contributed by atoms with Gasteiger partial charge in [0.25, 0.3) is 0 Å². The van der Waals surface area contributed by atoms with Gasteiger partial charge < -0.3 is 9.47 Å². The van der Waals surface area contributed by atoms with E-state index in [-0.39, 0.29) is 0 Å². The van der Waals surface area contributed by atoms with E-state index in [0.717, 1.165) is 0 Å². The van der Waals surface area contributed by atoms with Crippen LogP contribution >= 0.6 is 11.8 Å². The third kappa shape index (κ3) is 3.49. The molecule has 2 rings (SSSR count). The number of carbonyl (C=O) groups excluding carboxylic acids is 1. The Hall–Kier alpha value is -2.15. The first-order valence-electron chi connectivity index (χ1n) is 6.28. The predicted octanol–water partition coefficient (Wildman–Crippen LogP) is 2.45. The monoisotopic (exact) mass is 305 g/mol.